The molecule has 0 aliphatic carbocycles. The van der Waals surface area contributed by atoms with E-state index < -0.39 is 47.6 Å². The van der Waals surface area contributed by atoms with Crippen molar-refractivity contribution < 1.29 is 29.0 Å². The molecule has 0 fully saturated rings. The van der Waals surface area contributed by atoms with Gasteiger partial charge in [-0.25, -0.2) is 4.79 Å². The number of carbonyl (C=O) groups excluding carboxylic acids is 3. The van der Waals surface area contributed by atoms with E-state index in [1.807, 2.05) is 60.7 Å². The highest BCUT2D eigenvalue weighted by Gasteiger charge is 2.29. The van der Waals surface area contributed by atoms with Crippen LogP contribution in [0.3, 0.4) is 0 Å². The summed E-state index contributed by atoms with van der Waals surface area (Å²) in [5, 5.41) is 17.0. The molecule has 0 spiro atoms. The van der Waals surface area contributed by atoms with Crippen LogP contribution >= 0.6 is 23.5 Å². The SMILES string of the molecule is C[C@H](NC(=O)[C@H](CSCc1ccccc1)NC(=O)[C@H](CSCc1ccccc1)NC(=O)OC(C)(C)C)C(=O)O. The predicted octanol–water partition coefficient (Wildman–Crippen LogP) is 3.82. The zero-order valence-electron chi connectivity index (χ0n) is 22.6. The normalized spacial score (nSPS) is 13.4. The molecule has 0 unspecified atom stereocenters. The molecule has 3 atom stereocenters. The van der Waals surface area contributed by atoms with Crippen LogP contribution in [0.2, 0.25) is 0 Å². The van der Waals surface area contributed by atoms with Gasteiger partial charge >= 0.3 is 12.1 Å². The lowest BCUT2D eigenvalue weighted by molar-refractivity contribution is -0.141. The van der Waals surface area contributed by atoms with Gasteiger partial charge in [-0.1, -0.05) is 60.7 Å². The molecule has 0 saturated carbocycles. The molecule has 2 aromatic rings. The van der Waals surface area contributed by atoms with Crippen molar-refractivity contribution in [2.24, 2.45) is 0 Å². The van der Waals surface area contributed by atoms with E-state index in [4.69, 9.17) is 4.74 Å². The van der Waals surface area contributed by atoms with Crippen LogP contribution in [0.1, 0.15) is 38.8 Å². The fraction of sp³-hybridized carbons (Fsp3) is 0.429. The van der Waals surface area contributed by atoms with E-state index in [2.05, 4.69) is 16.0 Å². The van der Waals surface area contributed by atoms with Gasteiger partial charge in [-0.05, 0) is 38.8 Å². The molecule has 0 heterocycles. The maximum atomic E-state index is 13.4. The number of hydrogen-bond donors (Lipinski definition) is 4. The Bertz CT molecular complexity index is 1080. The van der Waals surface area contributed by atoms with Crippen molar-refractivity contribution in [3.63, 3.8) is 0 Å². The fourth-order valence-corrected chi connectivity index (χ4v) is 5.23. The molecule has 39 heavy (non-hydrogen) atoms. The number of nitrogens with one attached hydrogen (secondary N) is 3. The molecule has 0 aliphatic heterocycles. The highest BCUT2D eigenvalue weighted by molar-refractivity contribution is 7.98. The molecule has 3 amide bonds. The third kappa shape index (κ3) is 12.9. The summed E-state index contributed by atoms with van der Waals surface area (Å²) >= 11 is 2.88. The number of thioether (sulfide) groups is 2. The third-order valence-electron chi connectivity index (χ3n) is 5.16. The van der Waals surface area contributed by atoms with Crippen LogP contribution in [-0.2, 0) is 30.6 Å². The van der Waals surface area contributed by atoms with Gasteiger partial charge in [0.25, 0.3) is 0 Å². The summed E-state index contributed by atoms with van der Waals surface area (Å²) in [7, 11) is 0. The fourth-order valence-electron chi connectivity index (χ4n) is 3.20. The maximum absolute atomic E-state index is 13.4. The molecule has 212 valence electrons. The van der Waals surface area contributed by atoms with Gasteiger partial charge in [0.05, 0.1) is 0 Å². The first kappa shape index (κ1) is 32.0. The number of hydrogen-bond acceptors (Lipinski definition) is 7. The van der Waals surface area contributed by atoms with Gasteiger partial charge in [-0.2, -0.15) is 23.5 Å². The second-order valence-corrected chi connectivity index (χ2v) is 11.9. The van der Waals surface area contributed by atoms with Crippen molar-refractivity contribution in [3.8, 4) is 0 Å². The second kappa shape index (κ2) is 16.0. The quantitative estimate of drug-likeness (QED) is 0.267. The van der Waals surface area contributed by atoms with Gasteiger partial charge in [0.1, 0.15) is 23.7 Å². The molecule has 2 rings (SSSR count). The van der Waals surface area contributed by atoms with Gasteiger partial charge < -0.3 is 25.8 Å². The Morgan fingerprint density at radius 3 is 1.64 bits per heavy atom. The molecule has 9 nitrogen and oxygen atoms in total. The van der Waals surface area contributed by atoms with E-state index in [0.29, 0.717) is 11.5 Å². The number of carboxylic acids is 1. The summed E-state index contributed by atoms with van der Waals surface area (Å²) in [5.41, 5.74) is 1.36. The molecule has 0 aliphatic rings. The van der Waals surface area contributed by atoms with Crippen molar-refractivity contribution in [2.45, 2.75) is 62.9 Å². The molecule has 0 bridgehead atoms. The number of alkyl carbamates (subject to hydrolysis) is 1. The van der Waals surface area contributed by atoms with E-state index in [1.165, 1.54) is 30.4 Å². The molecule has 4 N–H and O–H groups in total. The van der Waals surface area contributed by atoms with Gasteiger partial charge in [0.2, 0.25) is 11.8 Å². The summed E-state index contributed by atoms with van der Waals surface area (Å²) in [5.74, 6) is -0.718. The summed E-state index contributed by atoms with van der Waals surface area (Å²) in [6, 6.07) is 16.2. The lowest BCUT2D eigenvalue weighted by Crippen LogP contribution is -2.57. The molecular formula is C28H37N3O6S2. The Hall–Kier alpha value is -3.18. The highest BCUT2D eigenvalue weighted by Crippen LogP contribution is 2.16. The summed E-state index contributed by atoms with van der Waals surface area (Å²) in [6.07, 6.45) is -0.748. The van der Waals surface area contributed by atoms with E-state index in [-0.39, 0.29) is 11.5 Å². The molecule has 0 saturated heterocycles. The Kier molecular flexibility index (Phi) is 13.2. The van der Waals surface area contributed by atoms with Gasteiger partial charge in [-0.15, -0.1) is 0 Å². The van der Waals surface area contributed by atoms with Gasteiger partial charge in [0.15, 0.2) is 0 Å². The molecule has 2 aromatic carbocycles. The first-order valence-corrected chi connectivity index (χ1v) is 14.8. The zero-order chi connectivity index (χ0) is 28.8. The zero-order valence-corrected chi connectivity index (χ0v) is 24.3. The second-order valence-electron chi connectivity index (χ2n) is 9.83. The monoisotopic (exact) mass is 575 g/mol. The highest BCUT2D eigenvalue weighted by atomic mass is 32.2. The minimum absolute atomic E-state index is 0.203. The Labute approximate surface area is 238 Å². The summed E-state index contributed by atoms with van der Waals surface area (Å²) < 4.78 is 5.34. The van der Waals surface area contributed by atoms with Crippen LogP contribution in [0, 0.1) is 0 Å². The summed E-state index contributed by atoms with van der Waals surface area (Å²) in [6.45, 7) is 6.52. The van der Waals surface area contributed by atoms with Crippen molar-refractivity contribution in [3.05, 3.63) is 71.8 Å². The largest absolute Gasteiger partial charge is 0.480 e. The van der Waals surface area contributed by atoms with Crippen LogP contribution in [-0.4, -0.2) is 64.2 Å². The number of amides is 3. The Morgan fingerprint density at radius 2 is 1.21 bits per heavy atom. The van der Waals surface area contributed by atoms with Crippen molar-refractivity contribution in [1.29, 1.82) is 0 Å². The van der Waals surface area contributed by atoms with Crippen LogP contribution in [0.15, 0.2) is 60.7 Å². The van der Waals surface area contributed by atoms with E-state index >= 15 is 0 Å². The smallest absolute Gasteiger partial charge is 0.408 e. The molecule has 0 radical (unpaired) electrons. The average Bonchev–Trinajstić information content (AvgIpc) is 2.87. The number of benzene rings is 2. The number of ether oxygens (including phenoxy) is 1. The Morgan fingerprint density at radius 1 is 0.769 bits per heavy atom. The van der Waals surface area contributed by atoms with E-state index in [1.54, 1.807) is 20.8 Å². The lowest BCUT2D eigenvalue weighted by atomic mass is 10.2. The number of aliphatic carboxylic acids is 1. The third-order valence-corrected chi connectivity index (χ3v) is 7.37. The van der Waals surface area contributed by atoms with E-state index in [9.17, 15) is 24.3 Å². The first-order valence-electron chi connectivity index (χ1n) is 12.5. The first-order chi connectivity index (χ1) is 18.4. The molecular weight excluding hydrogens is 538 g/mol. The topological polar surface area (TPSA) is 134 Å². The molecule has 0 aromatic heterocycles. The van der Waals surface area contributed by atoms with Crippen LogP contribution in [0.25, 0.3) is 0 Å². The van der Waals surface area contributed by atoms with Gasteiger partial charge in [0, 0.05) is 23.0 Å². The van der Waals surface area contributed by atoms with Crippen molar-refractivity contribution in [2.75, 3.05) is 11.5 Å². The van der Waals surface area contributed by atoms with Crippen LogP contribution in [0.4, 0.5) is 4.79 Å². The average molecular weight is 576 g/mol. The van der Waals surface area contributed by atoms with Crippen molar-refractivity contribution in [1.82, 2.24) is 16.0 Å². The minimum atomic E-state index is -1.19. The minimum Gasteiger partial charge on any atom is -0.480 e. The summed E-state index contributed by atoms with van der Waals surface area (Å²) in [4.78, 5) is 50.1. The molecule has 11 heteroatoms. The van der Waals surface area contributed by atoms with Gasteiger partial charge in [-0.3, -0.25) is 14.4 Å². The predicted molar refractivity (Wildman–Crippen MR) is 156 cm³/mol. The van der Waals surface area contributed by atoms with Crippen molar-refractivity contribution >= 4 is 47.4 Å². The van der Waals surface area contributed by atoms with Crippen LogP contribution in [0.5, 0.6) is 0 Å². The van der Waals surface area contributed by atoms with Crippen LogP contribution < -0.4 is 16.0 Å². The number of carboxylic acid groups (broad SMARTS) is 1. The number of carbonyl (C=O) groups is 4. The maximum Gasteiger partial charge on any atom is 0.408 e. The lowest BCUT2D eigenvalue weighted by Gasteiger charge is -2.25. The number of rotatable bonds is 14. The standard InChI is InChI=1S/C28H37N3O6S2/c1-19(26(34)35)29-24(32)22(17-38-15-20-11-7-5-8-12-20)30-25(33)23(31-27(36)37-28(2,3)4)18-39-16-21-13-9-6-10-14-21/h5-14,19,22-23H,15-18H2,1-4H3,(H,29,32)(H,30,33)(H,31,36)(H,34,35)/t19-,22-,23-/m0/s1. The Balaban J connectivity index is 2.12. The van der Waals surface area contributed by atoms with E-state index in [0.717, 1.165) is 11.1 Å².